The fourth-order valence-electron chi connectivity index (χ4n) is 1.32. The number of aromatic nitrogens is 1. The quantitative estimate of drug-likeness (QED) is 0.449. The molecule has 2 rings (SSSR count). The number of nitro groups is 1. The van der Waals surface area contributed by atoms with E-state index in [2.05, 4.69) is 4.98 Å². The Morgan fingerprint density at radius 3 is 2.92 bits per heavy atom. The minimum absolute atomic E-state index is 0.155. The van der Waals surface area contributed by atoms with Crippen LogP contribution in [-0.2, 0) is 0 Å². The number of rotatable bonds is 1. The molecule has 1 N–H and O–H groups in total. The van der Waals surface area contributed by atoms with Gasteiger partial charge in [-0.1, -0.05) is 0 Å². The average molecular weight is 231 g/mol. The molecule has 0 saturated heterocycles. The van der Waals surface area contributed by atoms with Crippen LogP contribution in [-0.4, -0.2) is 28.5 Å². The van der Waals surface area contributed by atoms with Crippen LogP contribution in [0.1, 0.15) is 0 Å². The number of H-pyrrole nitrogens is 1. The van der Waals surface area contributed by atoms with Crippen molar-refractivity contribution in [3.05, 3.63) is 34.5 Å². The maximum atomic E-state index is 10.7. The van der Waals surface area contributed by atoms with Crippen molar-refractivity contribution >= 4 is 39.3 Å². The van der Waals surface area contributed by atoms with Crippen LogP contribution in [0.25, 0.3) is 10.9 Å². The SMILES string of the molecule is O=[N+]([O-])c1c[c]([Ga])cc2cc[nH]c12. The zero-order valence-corrected chi connectivity index (χ0v) is 9.07. The summed E-state index contributed by atoms with van der Waals surface area (Å²) in [5.74, 6) is 0. The predicted octanol–water partition coefficient (Wildman–Crippen LogP) is 0.870. The number of nitrogens with zero attached hydrogens (tertiary/aromatic N) is 1. The summed E-state index contributed by atoms with van der Waals surface area (Å²) < 4.78 is 0.964. The van der Waals surface area contributed by atoms with Gasteiger partial charge in [0.25, 0.3) is 0 Å². The van der Waals surface area contributed by atoms with Crippen LogP contribution in [0.4, 0.5) is 5.69 Å². The normalized spacial score (nSPS) is 10.5. The van der Waals surface area contributed by atoms with Crippen molar-refractivity contribution in [2.24, 2.45) is 0 Å². The van der Waals surface area contributed by atoms with Crippen molar-refractivity contribution in [1.29, 1.82) is 0 Å². The van der Waals surface area contributed by atoms with E-state index in [0.717, 1.165) is 9.50 Å². The topological polar surface area (TPSA) is 58.9 Å². The molecule has 0 aliphatic rings. The van der Waals surface area contributed by atoms with Crippen LogP contribution in [0.2, 0.25) is 0 Å². The molecule has 0 unspecified atom stereocenters. The summed E-state index contributed by atoms with van der Waals surface area (Å²) in [5, 5.41) is 11.6. The predicted molar refractivity (Wildman–Crippen MR) is 50.3 cm³/mol. The minimum atomic E-state index is -0.359. The van der Waals surface area contributed by atoms with Gasteiger partial charge in [0, 0.05) is 0 Å². The third-order valence-corrected chi connectivity index (χ3v) is 2.56. The van der Waals surface area contributed by atoms with Gasteiger partial charge in [0.05, 0.1) is 0 Å². The van der Waals surface area contributed by atoms with Crippen molar-refractivity contribution in [1.82, 2.24) is 4.98 Å². The van der Waals surface area contributed by atoms with Crippen LogP contribution in [0.3, 0.4) is 0 Å². The molecule has 0 spiro atoms. The van der Waals surface area contributed by atoms with Crippen molar-refractivity contribution < 1.29 is 4.92 Å². The molecule has 0 aliphatic carbocycles. The van der Waals surface area contributed by atoms with Gasteiger partial charge in [-0.15, -0.1) is 0 Å². The molecule has 13 heavy (non-hydrogen) atoms. The number of nitrogens with one attached hydrogen (secondary N) is 1. The molecular formula is C8H5GaN2O2. The Hall–Kier alpha value is -1.20. The van der Waals surface area contributed by atoms with Crippen LogP contribution in [0.5, 0.6) is 0 Å². The summed E-state index contributed by atoms with van der Waals surface area (Å²) in [6.07, 6.45) is 1.71. The first-order chi connectivity index (χ1) is 6.18. The van der Waals surface area contributed by atoms with Gasteiger partial charge < -0.3 is 0 Å². The second-order valence-corrected chi connectivity index (χ2v) is 4.14. The number of hydrogen-bond donors (Lipinski definition) is 1. The third-order valence-electron chi connectivity index (χ3n) is 1.86. The second-order valence-electron chi connectivity index (χ2n) is 2.74. The molecule has 4 nitrogen and oxygen atoms in total. The van der Waals surface area contributed by atoms with Gasteiger partial charge in [-0.05, 0) is 0 Å². The van der Waals surface area contributed by atoms with Crippen LogP contribution < -0.4 is 4.12 Å². The Balaban J connectivity index is 2.84. The molecule has 0 bridgehead atoms. The number of nitro benzene ring substituents is 1. The van der Waals surface area contributed by atoms with E-state index in [1.165, 1.54) is 18.6 Å². The molecule has 62 valence electrons. The first kappa shape index (κ1) is 8.40. The van der Waals surface area contributed by atoms with E-state index in [4.69, 9.17) is 0 Å². The molecule has 0 saturated carbocycles. The number of hydrogen-bond acceptors (Lipinski definition) is 2. The fraction of sp³-hybridized carbons (Fsp3) is 0. The summed E-state index contributed by atoms with van der Waals surface area (Å²) in [7, 11) is 0. The summed E-state index contributed by atoms with van der Waals surface area (Å²) >= 11 is 1.39. The molecule has 5 heteroatoms. The monoisotopic (exact) mass is 230 g/mol. The molecule has 0 aliphatic heterocycles. The number of benzene rings is 1. The Labute approximate surface area is 84.0 Å². The zero-order chi connectivity index (χ0) is 9.42. The van der Waals surface area contributed by atoms with E-state index in [1.807, 2.05) is 12.1 Å². The Morgan fingerprint density at radius 2 is 2.23 bits per heavy atom. The van der Waals surface area contributed by atoms with Crippen molar-refractivity contribution in [3.63, 3.8) is 0 Å². The van der Waals surface area contributed by atoms with E-state index >= 15 is 0 Å². The number of aromatic amines is 1. The second kappa shape index (κ2) is 2.93. The molecule has 1 heterocycles. The van der Waals surface area contributed by atoms with Crippen molar-refractivity contribution in [2.75, 3.05) is 0 Å². The van der Waals surface area contributed by atoms with Gasteiger partial charge in [0.15, 0.2) is 0 Å². The Kier molecular flexibility index (Phi) is 1.89. The third kappa shape index (κ3) is 1.36. The average Bonchev–Trinajstić information content (AvgIpc) is 2.49. The van der Waals surface area contributed by atoms with E-state index in [9.17, 15) is 10.1 Å². The van der Waals surface area contributed by atoms with Gasteiger partial charge in [-0.25, -0.2) is 0 Å². The van der Waals surface area contributed by atoms with Crippen LogP contribution in [0, 0.1) is 10.1 Å². The molecular weight excluding hydrogens is 226 g/mol. The van der Waals surface area contributed by atoms with Crippen molar-refractivity contribution in [2.45, 2.75) is 0 Å². The molecule has 1 aromatic carbocycles. The number of fused-ring (bicyclic) bond motifs is 1. The first-order valence-corrected chi connectivity index (χ1v) is 4.90. The number of non-ortho nitro benzene ring substituents is 1. The van der Waals surface area contributed by atoms with Gasteiger partial charge in [-0.2, -0.15) is 0 Å². The van der Waals surface area contributed by atoms with Crippen LogP contribution >= 0.6 is 0 Å². The zero-order valence-electron chi connectivity index (χ0n) is 6.65. The summed E-state index contributed by atoms with van der Waals surface area (Å²) in [5.41, 5.74) is 0.758. The van der Waals surface area contributed by atoms with E-state index in [-0.39, 0.29) is 10.6 Å². The van der Waals surface area contributed by atoms with Gasteiger partial charge >= 0.3 is 83.7 Å². The summed E-state index contributed by atoms with van der Waals surface area (Å²) in [6.45, 7) is 0. The van der Waals surface area contributed by atoms with Gasteiger partial charge in [0.2, 0.25) is 0 Å². The molecule has 2 aromatic rings. The molecule has 2 radical (unpaired) electrons. The molecule has 0 atom stereocenters. The molecule has 0 amide bonds. The first-order valence-electron chi connectivity index (χ1n) is 3.69. The summed E-state index contributed by atoms with van der Waals surface area (Å²) in [6, 6.07) is 5.38. The standard InChI is InChI=1S/C8H5N2O2.Ga/c11-10(12)7-3-1-2-6-4-5-9-8(6)7;/h2-5,9H;. The molecule has 0 fully saturated rings. The van der Waals surface area contributed by atoms with E-state index < -0.39 is 0 Å². The van der Waals surface area contributed by atoms with Gasteiger partial charge in [-0.3, -0.25) is 0 Å². The summed E-state index contributed by atoms with van der Waals surface area (Å²) in [4.78, 5) is 13.2. The van der Waals surface area contributed by atoms with E-state index in [1.54, 1.807) is 12.3 Å². The molecule has 1 aromatic heterocycles. The maximum absolute atomic E-state index is 10.7. The Bertz CT molecular complexity index is 478. The van der Waals surface area contributed by atoms with Crippen molar-refractivity contribution in [3.8, 4) is 0 Å². The Morgan fingerprint density at radius 1 is 1.46 bits per heavy atom. The fourth-order valence-corrected chi connectivity index (χ4v) is 2.03. The van der Waals surface area contributed by atoms with Crippen LogP contribution in [0.15, 0.2) is 24.4 Å². The van der Waals surface area contributed by atoms with E-state index in [0.29, 0.717) is 5.52 Å². The van der Waals surface area contributed by atoms with Gasteiger partial charge in [0.1, 0.15) is 0 Å².